The summed E-state index contributed by atoms with van der Waals surface area (Å²) in [4.78, 5) is 23.9. The highest BCUT2D eigenvalue weighted by Gasteiger charge is 2.15. The highest BCUT2D eigenvalue weighted by molar-refractivity contribution is 5.75. The first kappa shape index (κ1) is 15.4. The number of aromatic nitrogens is 2. The van der Waals surface area contributed by atoms with E-state index in [4.69, 9.17) is 0 Å². The van der Waals surface area contributed by atoms with Crippen LogP contribution in [-0.2, 0) is 11.3 Å². The zero-order valence-corrected chi connectivity index (χ0v) is 12.9. The molecule has 1 unspecified atom stereocenters. The van der Waals surface area contributed by atoms with Crippen molar-refractivity contribution in [3.63, 3.8) is 0 Å². The van der Waals surface area contributed by atoms with Crippen molar-refractivity contribution in [2.45, 2.75) is 25.4 Å². The van der Waals surface area contributed by atoms with Crippen LogP contribution in [0.5, 0.6) is 0 Å². The van der Waals surface area contributed by atoms with Crippen molar-refractivity contribution in [3.8, 4) is 11.3 Å². The summed E-state index contributed by atoms with van der Waals surface area (Å²) in [7, 11) is 0. The van der Waals surface area contributed by atoms with Crippen LogP contribution in [0.4, 0.5) is 0 Å². The van der Waals surface area contributed by atoms with E-state index >= 15 is 0 Å². The van der Waals surface area contributed by atoms with E-state index in [9.17, 15) is 9.59 Å². The average Bonchev–Trinajstić information content (AvgIpc) is 3.09. The van der Waals surface area contributed by atoms with Crippen LogP contribution in [-0.4, -0.2) is 34.8 Å². The Labute approximate surface area is 134 Å². The van der Waals surface area contributed by atoms with Crippen LogP contribution in [0.15, 0.2) is 47.3 Å². The van der Waals surface area contributed by atoms with Crippen LogP contribution in [0.25, 0.3) is 11.3 Å². The van der Waals surface area contributed by atoms with Gasteiger partial charge >= 0.3 is 0 Å². The molecule has 1 aliphatic heterocycles. The largest absolute Gasteiger partial charge is 0.353 e. The summed E-state index contributed by atoms with van der Waals surface area (Å²) in [5.74, 6) is -0.196. The van der Waals surface area contributed by atoms with E-state index in [0.717, 1.165) is 24.9 Å². The Morgan fingerprint density at radius 3 is 2.83 bits per heavy atom. The Hall–Kier alpha value is -2.47. The number of benzene rings is 1. The van der Waals surface area contributed by atoms with Gasteiger partial charge in [-0.25, -0.2) is 4.68 Å². The third kappa shape index (κ3) is 4.04. The number of hydrogen-bond acceptors (Lipinski definition) is 4. The molecule has 1 aromatic carbocycles. The topological polar surface area (TPSA) is 76.0 Å². The lowest BCUT2D eigenvalue weighted by Gasteiger charge is -2.12. The Bertz CT molecular complexity index is 721. The lowest BCUT2D eigenvalue weighted by molar-refractivity contribution is -0.122. The van der Waals surface area contributed by atoms with Gasteiger partial charge in [-0.05, 0) is 25.5 Å². The van der Waals surface area contributed by atoms with E-state index in [1.54, 1.807) is 6.07 Å². The number of carbonyl (C=O) groups is 1. The predicted octanol–water partition coefficient (Wildman–Crippen LogP) is 0.778. The minimum absolute atomic E-state index is 0.0633. The first-order valence-electron chi connectivity index (χ1n) is 7.86. The van der Waals surface area contributed by atoms with Crippen LogP contribution in [0, 0.1) is 0 Å². The van der Waals surface area contributed by atoms with E-state index < -0.39 is 0 Å². The lowest BCUT2D eigenvalue weighted by Crippen LogP contribution is -2.40. The third-order valence-electron chi connectivity index (χ3n) is 3.94. The van der Waals surface area contributed by atoms with E-state index in [2.05, 4.69) is 15.7 Å². The van der Waals surface area contributed by atoms with Gasteiger partial charge in [0.1, 0.15) is 6.54 Å². The molecule has 1 amide bonds. The zero-order chi connectivity index (χ0) is 16.1. The van der Waals surface area contributed by atoms with Crippen molar-refractivity contribution in [2.75, 3.05) is 13.1 Å². The Morgan fingerprint density at radius 2 is 2.09 bits per heavy atom. The summed E-state index contributed by atoms with van der Waals surface area (Å²) in [6.07, 6.45) is 2.21. The van der Waals surface area contributed by atoms with Gasteiger partial charge in [-0.1, -0.05) is 30.3 Å². The van der Waals surface area contributed by atoms with Gasteiger partial charge in [-0.3, -0.25) is 9.59 Å². The number of rotatable bonds is 5. The SMILES string of the molecule is O=C(Cn1nc(-c2ccccc2)ccc1=O)NCC1CCCN1. The summed E-state index contributed by atoms with van der Waals surface area (Å²) in [6.45, 7) is 1.53. The maximum absolute atomic E-state index is 12.0. The molecule has 3 rings (SSSR count). The number of amides is 1. The Kier molecular flexibility index (Phi) is 4.83. The molecule has 2 heterocycles. The van der Waals surface area contributed by atoms with Crippen LogP contribution in [0.3, 0.4) is 0 Å². The van der Waals surface area contributed by atoms with Crippen molar-refractivity contribution in [1.82, 2.24) is 20.4 Å². The molecule has 0 aliphatic carbocycles. The summed E-state index contributed by atoms with van der Waals surface area (Å²) >= 11 is 0. The van der Waals surface area contributed by atoms with Crippen LogP contribution in [0.1, 0.15) is 12.8 Å². The average molecular weight is 312 g/mol. The maximum atomic E-state index is 12.0. The van der Waals surface area contributed by atoms with E-state index in [-0.39, 0.29) is 18.0 Å². The predicted molar refractivity (Wildman–Crippen MR) is 88.0 cm³/mol. The highest BCUT2D eigenvalue weighted by Crippen LogP contribution is 2.13. The van der Waals surface area contributed by atoms with E-state index in [0.29, 0.717) is 18.3 Å². The van der Waals surface area contributed by atoms with Gasteiger partial charge in [0.25, 0.3) is 5.56 Å². The number of carbonyl (C=O) groups excluding carboxylic acids is 1. The molecule has 1 atom stereocenters. The first-order valence-corrected chi connectivity index (χ1v) is 7.86. The molecule has 6 heteroatoms. The minimum Gasteiger partial charge on any atom is -0.353 e. The molecule has 0 bridgehead atoms. The van der Waals surface area contributed by atoms with Gasteiger partial charge in [0, 0.05) is 24.2 Å². The fourth-order valence-electron chi connectivity index (χ4n) is 2.68. The second-order valence-electron chi connectivity index (χ2n) is 5.68. The molecule has 2 N–H and O–H groups in total. The second kappa shape index (κ2) is 7.19. The Morgan fingerprint density at radius 1 is 1.26 bits per heavy atom. The zero-order valence-electron chi connectivity index (χ0n) is 12.9. The molecule has 0 spiro atoms. The Balaban J connectivity index is 1.67. The third-order valence-corrected chi connectivity index (χ3v) is 3.94. The van der Waals surface area contributed by atoms with Crippen LogP contribution >= 0.6 is 0 Å². The summed E-state index contributed by atoms with van der Waals surface area (Å²) in [6, 6.07) is 13.0. The molecular formula is C17H20N4O2. The molecule has 23 heavy (non-hydrogen) atoms. The van der Waals surface area contributed by atoms with Gasteiger partial charge in [-0.2, -0.15) is 5.10 Å². The normalized spacial score (nSPS) is 17.1. The molecule has 6 nitrogen and oxygen atoms in total. The van der Waals surface area contributed by atoms with Gasteiger partial charge in [-0.15, -0.1) is 0 Å². The number of nitrogens with zero attached hydrogens (tertiary/aromatic N) is 2. The summed E-state index contributed by atoms with van der Waals surface area (Å²) in [5, 5.41) is 10.5. The fourth-order valence-corrected chi connectivity index (χ4v) is 2.68. The molecule has 1 aromatic heterocycles. The maximum Gasteiger partial charge on any atom is 0.267 e. The van der Waals surface area contributed by atoms with Gasteiger partial charge < -0.3 is 10.6 Å². The first-order chi connectivity index (χ1) is 11.2. The highest BCUT2D eigenvalue weighted by atomic mass is 16.2. The van der Waals surface area contributed by atoms with Crippen molar-refractivity contribution < 1.29 is 4.79 Å². The van der Waals surface area contributed by atoms with Crippen molar-refractivity contribution >= 4 is 5.91 Å². The van der Waals surface area contributed by atoms with Gasteiger partial charge in [0.05, 0.1) is 5.69 Å². The molecular weight excluding hydrogens is 292 g/mol. The summed E-state index contributed by atoms with van der Waals surface area (Å²) in [5.41, 5.74) is 1.31. The minimum atomic E-state index is -0.279. The molecule has 0 radical (unpaired) electrons. The van der Waals surface area contributed by atoms with Crippen LogP contribution < -0.4 is 16.2 Å². The van der Waals surface area contributed by atoms with Crippen LogP contribution in [0.2, 0.25) is 0 Å². The number of nitrogens with one attached hydrogen (secondary N) is 2. The van der Waals surface area contributed by atoms with Gasteiger partial charge in [0.15, 0.2) is 0 Å². The second-order valence-corrected chi connectivity index (χ2v) is 5.68. The monoisotopic (exact) mass is 312 g/mol. The van der Waals surface area contributed by atoms with Crippen molar-refractivity contribution in [2.24, 2.45) is 0 Å². The fraction of sp³-hybridized carbons (Fsp3) is 0.353. The van der Waals surface area contributed by atoms with Gasteiger partial charge in [0.2, 0.25) is 5.91 Å². The molecule has 120 valence electrons. The van der Waals surface area contributed by atoms with E-state index in [1.165, 1.54) is 10.7 Å². The molecule has 1 saturated heterocycles. The quantitative estimate of drug-likeness (QED) is 0.855. The van der Waals surface area contributed by atoms with Crippen molar-refractivity contribution in [1.29, 1.82) is 0 Å². The van der Waals surface area contributed by atoms with Crippen molar-refractivity contribution in [3.05, 3.63) is 52.8 Å². The smallest absolute Gasteiger partial charge is 0.267 e. The summed E-state index contributed by atoms with van der Waals surface area (Å²) < 4.78 is 1.21. The molecule has 0 saturated carbocycles. The molecule has 1 aliphatic rings. The standard InChI is InChI=1S/C17H20N4O2/c22-16(19-11-14-7-4-10-18-14)12-21-17(23)9-8-15(20-21)13-5-2-1-3-6-13/h1-3,5-6,8-9,14,18H,4,7,10-12H2,(H,19,22). The molecule has 1 fully saturated rings. The number of hydrogen-bond donors (Lipinski definition) is 2. The molecule has 2 aromatic rings. The van der Waals surface area contributed by atoms with E-state index in [1.807, 2.05) is 30.3 Å². The lowest BCUT2D eigenvalue weighted by atomic mass is 10.1.